The Hall–Kier alpha value is -3.61. The molecule has 1 fully saturated rings. The fraction of sp³-hybridized carbons (Fsp3) is 0.346. The Morgan fingerprint density at radius 1 is 1.12 bits per heavy atom. The number of aryl methyl sites for hydroxylation is 1. The number of anilines is 1. The smallest absolute Gasteiger partial charge is 0.339 e. The minimum atomic E-state index is -0.991. The molecular weight excluding hydrogens is 418 g/mol. The fourth-order valence-corrected chi connectivity index (χ4v) is 4.14. The van der Waals surface area contributed by atoms with Gasteiger partial charge < -0.3 is 19.9 Å². The van der Waals surface area contributed by atoms with E-state index in [1.54, 1.807) is 18.2 Å². The Morgan fingerprint density at radius 3 is 2.85 bits per heavy atom. The molecule has 33 heavy (non-hydrogen) atoms. The number of nitrogens with zero attached hydrogens (tertiary/aromatic N) is 2. The molecule has 0 bridgehead atoms. The summed E-state index contributed by atoms with van der Waals surface area (Å²) in [4.78, 5) is 20.3. The van der Waals surface area contributed by atoms with Crippen molar-refractivity contribution in [3.05, 3.63) is 65.5 Å². The Bertz CT molecular complexity index is 1160. The number of aromatic nitrogens is 2. The highest BCUT2D eigenvalue weighted by Gasteiger charge is 2.22. The summed E-state index contributed by atoms with van der Waals surface area (Å²) in [5.74, 6) is 1.14. The second-order valence-corrected chi connectivity index (χ2v) is 8.55. The third kappa shape index (κ3) is 4.92. The Morgan fingerprint density at radius 2 is 2.03 bits per heavy atom. The third-order valence-electron chi connectivity index (χ3n) is 6.21. The van der Waals surface area contributed by atoms with Crippen LogP contribution in [0.2, 0.25) is 0 Å². The third-order valence-corrected chi connectivity index (χ3v) is 6.21. The molecule has 170 valence electrons. The number of hydrogen-bond donors (Lipinski definition) is 2. The number of hydrogen-bond acceptors (Lipinski definition) is 6. The van der Waals surface area contributed by atoms with E-state index < -0.39 is 5.97 Å². The van der Waals surface area contributed by atoms with Gasteiger partial charge >= 0.3 is 5.97 Å². The number of ether oxygens (including phenoxy) is 2. The second kappa shape index (κ2) is 9.48. The van der Waals surface area contributed by atoms with E-state index in [1.165, 1.54) is 17.5 Å². The van der Waals surface area contributed by atoms with E-state index in [2.05, 4.69) is 33.5 Å². The maximum Gasteiger partial charge on any atom is 0.339 e. The average Bonchev–Trinajstić information content (AvgIpc) is 2.81. The van der Waals surface area contributed by atoms with Crippen molar-refractivity contribution < 1.29 is 19.4 Å². The van der Waals surface area contributed by atoms with Crippen molar-refractivity contribution in [3.8, 4) is 22.8 Å². The van der Waals surface area contributed by atoms with E-state index in [0.29, 0.717) is 11.4 Å². The summed E-state index contributed by atoms with van der Waals surface area (Å²) in [6.07, 6.45) is 7.66. The van der Waals surface area contributed by atoms with Crippen LogP contribution in [0.1, 0.15) is 47.2 Å². The van der Waals surface area contributed by atoms with Crippen molar-refractivity contribution in [2.24, 2.45) is 0 Å². The van der Waals surface area contributed by atoms with Crippen LogP contribution < -0.4 is 14.8 Å². The van der Waals surface area contributed by atoms with Crippen LogP contribution in [0.15, 0.2) is 48.8 Å². The van der Waals surface area contributed by atoms with Crippen LogP contribution in [-0.2, 0) is 12.8 Å². The monoisotopic (exact) mass is 445 g/mol. The first kappa shape index (κ1) is 21.2. The molecule has 2 aromatic carbocycles. The quantitative estimate of drug-likeness (QED) is 0.517. The van der Waals surface area contributed by atoms with Gasteiger partial charge in [0.05, 0.1) is 18.4 Å². The summed E-state index contributed by atoms with van der Waals surface area (Å²) in [6, 6.07) is 13.4. The maximum atomic E-state index is 11.6. The van der Waals surface area contributed by atoms with Gasteiger partial charge in [0.1, 0.15) is 29.2 Å². The van der Waals surface area contributed by atoms with E-state index in [9.17, 15) is 9.90 Å². The topological polar surface area (TPSA) is 93.6 Å². The molecule has 0 saturated heterocycles. The largest absolute Gasteiger partial charge is 0.493 e. The second-order valence-electron chi connectivity index (χ2n) is 8.55. The highest BCUT2D eigenvalue weighted by atomic mass is 16.5. The molecule has 0 radical (unpaired) electrons. The first-order valence-corrected chi connectivity index (χ1v) is 11.5. The lowest BCUT2D eigenvalue weighted by atomic mass is 9.96. The summed E-state index contributed by atoms with van der Waals surface area (Å²) >= 11 is 0. The van der Waals surface area contributed by atoms with E-state index in [4.69, 9.17) is 9.47 Å². The first-order valence-electron chi connectivity index (χ1n) is 11.5. The predicted octanol–water partition coefficient (Wildman–Crippen LogP) is 4.75. The highest BCUT2D eigenvalue weighted by Crippen LogP contribution is 2.32. The molecule has 2 aliphatic rings. The number of aromatic carboxylic acids is 1. The predicted molar refractivity (Wildman–Crippen MR) is 125 cm³/mol. The van der Waals surface area contributed by atoms with Crippen LogP contribution >= 0.6 is 0 Å². The lowest BCUT2D eigenvalue weighted by Crippen LogP contribution is -2.25. The van der Waals surface area contributed by atoms with Gasteiger partial charge in [-0.1, -0.05) is 18.2 Å². The lowest BCUT2D eigenvalue weighted by molar-refractivity contribution is 0.0680. The molecule has 2 heterocycles. The minimum Gasteiger partial charge on any atom is -0.493 e. The van der Waals surface area contributed by atoms with Crippen LogP contribution in [0, 0.1) is 0 Å². The molecule has 0 atom stereocenters. The molecule has 3 aromatic rings. The molecule has 0 amide bonds. The van der Waals surface area contributed by atoms with Gasteiger partial charge in [-0.05, 0) is 67.9 Å². The molecule has 1 saturated carbocycles. The summed E-state index contributed by atoms with van der Waals surface area (Å²) in [6.45, 7) is 1.54. The molecule has 7 nitrogen and oxygen atoms in total. The summed E-state index contributed by atoms with van der Waals surface area (Å²) in [5, 5.41) is 12.9. The summed E-state index contributed by atoms with van der Waals surface area (Å²) < 4.78 is 11.6. The Balaban J connectivity index is 1.27. The molecule has 1 aromatic heterocycles. The van der Waals surface area contributed by atoms with E-state index in [0.717, 1.165) is 68.8 Å². The molecule has 0 unspecified atom stereocenters. The molecule has 7 heteroatoms. The zero-order valence-corrected chi connectivity index (χ0v) is 18.4. The first-order chi connectivity index (χ1) is 16.2. The number of carboxylic acids is 1. The molecular formula is C26H27N3O4. The van der Waals surface area contributed by atoms with Crippen molar-refractivity contribution in [3.63, 3.8) is 0 Å². The zero-order chi connectivity index (χ0) is 22.6. The summed E-state index contributed by atoms with van der Waals surface area (Å²) in [7, 11) is 0. The van der Waals surface area contributed by atoms with Crippen molar-refractivity contribution in [2.75, 3.05) is 18.5 Å². The van der Waals surface area contributed by atoms with Crippen molar-refractivity contribution in [2.45, 2.75) is 44.6 Å². The van der Waals surface area contributed by atoms with Gasteiger partial charge in [0.25, 0.3) is 0 Å². The SMILES string of the molecule is O=C(O)c1ccc(-c2cc(NCCc3ccc4c(c3)CCCO4)ncn2)cc1OC1CCC1. The summed E-state index contributed by atoms with van der Waals surface area (Å²) in [5.41, 5.74) is 4.24. The maximum absolute atomic E-state index is 11.6. The zero-order valence-electron chi connectivity index (χ0n) is 18.4. The molecule has 1 aliphatic carbocycles. The molecule has 2 N–H and O–H groups in total. The normalized spacial score (nSPS) is 15.2. The van der Waals surface area contributed by atoms with Crippen LogP contribution in [0.3, 0.4) is 0 Å². The van der Waals surface area contributed by atoms with Gasteiger partial charge in [0.15, 0.2) is 0 Å². The van der Waals surface area contributed by atoms with Gasteiger partial charge in [-0.2, -0.15) is 0 Å². The van der Waals surface area contributed by atoms with E-state index >= 15 is 0 Å². The van der Waals surface area contributed by atoms with Crippen LogP contribution in [0.25, 0.3) is 11.3 Å². The number of carboxylic acid groups (broad SMARTS) is 1. The van der Waals surface area contributed by atoms with Gasteiger partial charge in [0.2, 0.25) is 0 Å². The van der Waals surface area contributed by atoms with E-state index in [1.807, 2.05) is 6.07 Å². The number of carbonyl (C=O) groups is 1. The van der Waals surface area contributed by atoms with Crippen molar-refractivity contribution in [1.29, 1.82) is 0 Å². The van der Waals surface area contributed by atoms with E-state index in [-0.39, 0.29) is 11.7 Å². The number of benzene rings is 2. The van der Waals surface area contributed by atoms with Crippen LogP contribution in [0.4, 0.5) is 5.82 Å². The van der Waals surface area contributed by atoms with Gasteiger partial charge in [-0.25, -0.2) is 14.8 Å². The highest BCUT2D eigenvalue weighted by molar-refractivity contribution is 5.92. The average molecular weight is 446 g/mol. The Labute approximate surface area is 192 Å². The molecule has 5 rings (SSSR count). The fourth-order valence-electron chi connectivity index (χ4n) is 4.14. The van der Waals surface area contributed by atoms with Crippen molar-refractivity contribution in [1.82, 2.24) is 9.97 Å². The number of fused-ring (bicyclic) bond motifs is 1. The van der Waals surface area contributed by atoms with Gasteiger partial charge in [0, 0.05) is 18.2 Å². The Kier molecular flexibility index (Phi) is 6.11. The van der Waals surface area contributed by atoms with Gasteiger partial charge in [-0.15, -0.1) is 0 Å². The lowest BCUT2D eigenvalue weighted by Gasteiger charge is -2.27. The molecule has 1 aliphatic heterocycles. The standard InChI is InChI=1S/C26H27N3O4/c30-26(31)21-8-7-18(14-24(21)33-20-4-1-5-20)22-15-25(29-16-28-22)27-11-10-17-6-9-23-19(13-17)3-2-12-32-23/h6-9,13-16,20H,1-5,10-12H2,(H,30,31)(H,27,28,29). The van der Waals surface area contributed by atoms with Gasteiger partial charge in [-0.3, -0.25) is 0 Å². The molecule has 0 spiro atoms. The number of rotatable bonds is 8. The minimum absolute atomic E-state index is 0.0936. The van der Waals surface area contributed by atoms with Crippen LogP contribution in [-0.4, -0.2) is 40.3 Å². The van der Waals surface area contributed by atoms with Crippen LogP contribution in [0.5, 0.6) is 11.5 Å². The van der Waals surface area contributed by atoms with Crippen molar-refractivity contribution >= 4 is 11.8 Å². The number of nitrogens with one attached hydrogen (secondary N) is 1.